The van der Waals surface area contributed by atoms with Gasteiger partial charge in [-0.25, -0.2) is 0 Å². The van der Waals surface area contributed by atoms with Crippen LogP contribution in [0.1, 0.15) is 34.1 Å². The summed E-state index contributed by atoms with van der Waals surface area (Å²) in [6.45, 7) is 2.45. The van der Waals surface area contributed by atoms with Crippen LogP contribution in [0.25, 0.3) is 0 Å². The normalized spacial score (nSPS) is 10.3. The lowest BCUT2D eigenvalue weighted by Gasteiger charge is -2.14. The lowest BCUT2D eigenvalue weighted by atomic mass is 10.1. The minimum atomic E-state index is -0.646. The second-order valence-electron chi connectivity index (χ2n) is 5.35. The molecule has 6 nitrogen and oxygen atoms in total. The highest BCUT2D eigenvalue weighted by Crippen LogP contribution is 2.36. The van der Waals surface area contributed by atoms with Gasteiger partial charge in [0.1, 0.15) is 0 Å². The molecule has 0 radical (unpaired) electrons. The van der Waals surface area contributed by atoms with Crippen LogP contribution in [0.2, 0.25) is 10.0 Å². The number of primary amides is 1. The number of nitrogens with one attached hydrogen (secondary N) is 1. The molecule has 0 atom stereocenters. The van der Waals surface area contributed by atoms with Crippen LogP contribution in [0.3, 0.4) is 0 Å². The number of carbonyl (C=O) groups excluding carboxylic acids is 2. The molecule has 0 aliphatic heterocycles. The fourth-order valence-corrected chi connectivity index (χ4v) is 2.73. The summed E-state index contributed by atoms with van der Waals surface area (Å²) in [4.78, 5) is 23.7. The van der Waals surface area contributed by atoms with Gasteiger partial charge in [-0.15, -0.1) is 0 Å². The summed E-state index contributed by atoms with van der Waals surface area (Å²) >= 11 is 12.2. The first-order valence-corrected chi connectivity index (χ1v) is 8.54. The van der Waals surface area contributed by atoms with Crippen molar-refractivity contribution < 1.29 is 19.1 Å². The molecule has 3 N–H and O–H groups in total. The lowest BCUT2D eigenvalue weighted by Crippen LogP contribution is -2.14. The second-order valence-corrected chi connectivity index (χ2v) is 6.17. The first-order valence-electron chi connectivity index (χ1n) is 7.78. The van der Waals surface area contributed by atoms with Gasteiger partial charge < -0.3 is 20.5 Å². The molecule has 0 bridgehead atoms. The predicted molar refractivity (Wildman–Crippen MR) is 102 cm³/mol. The molecule has 0 saturated carbocycles. The van der Waals surface area contributed by atoms with E-state index >= 15 is 0 Å². The minimum absolute atomic E-state index is 0.147. The fourth-order valence-electron chi connectivity index (χ4n) is 2.19. The number of ether oxygens (including phenoxy) is 2. The summed E-state index contributed by atoms with van der Waals surface area (Å²) in [6.07, 6.45) is 0.809. The SMILES string of the molecule is CCCOc1c(Cl)cc(C(=O)Nc2ccc(C(N)=O)c(Cl)c2)cc1OC. The van der Waals surface area contributed by atoms with Gasteiger partial charge in [0.25, 0.3) is 5.91 Å². The Kier molecular flexibility index (Phi) is 6.71. The highest BCUT2D eigenvalue weighted by molar-refractivity contribution is 6.34. The first-order chi connectivity index (χ1) is 12.4. The maximum Gasteiger partial charge on any atom is 0.255 e. The van der Waals surface area contributed by atoms with Crippen LogP contribution in [0.15, 0.2) is 30.3 Å². The lowest BCUT2D eigenvalue weighted by molar-refractivity contribution is 0.0998. The molecular weight excluding hydrogens is 379 g/mol. The number of nitrogens with two attached hydrogens (primary N) is 1. The van der Waals surface area contributed by atoms with E-state index < -0.39 is 11.8 Å². The van der Waals surface area contributed by atoms with Gasteiger partial charge in [0.2, 0.25) is 5.91 Å². The molecule has 0 unspecified atom stereocenters. The van der Waals surface area contributed by atoms with Crippen LogP contribution in [0, 0.1) is 0 Å². The molecule has 0 aromatic heterocycles. The van der Waals surface area contributed by atoms with Crippen molar-refractivity contribution in [3.05, 3.63) is 51.5 Å². The average molecular weight is 397 g/mol. The van der Waals surface area contributed by atoms with E-state index in [0.29, 0.717) is 23.8 Å². The fraction of sp³-hybridized carbons (Fsp3) is 0.222. The van der Waals surface area contributed by atoms with Gasteiger partial charge >= 0.3 is 0 Å². The van der Waals surface area contributed by atoms with Crippen LogP contribution in [-0.4, -0.2) is 25.5 Å². The summed E-state index contributed by atoms with van der Waals surface area (Å²) < 4.78 is 10.8. The summed E-state index contributed by atoms with van der Waals surface area (Å²) in [7, 11) is 1.47. The standard InChI is InChI=1S/C18H18Cl2N2O4/c1-3-6-26-16-14(20)7-10(8-15(16)25-2)18(24)22-11-4-5-12(17(21)23)13(19)9-11/h4-5,7-9H,3,6H2,1-2H3,(H2,21,23)(H,22,24). The van der Waals surface area contributed by atoms with Gasteiger partial charge in [0.15, 0.2) is 11.5 Å². The van der Waals surface area contributed by atoms with Crippen LogP contribution >= 0.6 is 23.2 Å². The van der Waals surface area contributed by atoms with Gasteiger partial charge in [-0.3, -0.25) is 9.59 Å². The van der Waals surface area contributed by atoms with Gasteiger partial charge in [-0.05, 0) is 36.8 Å². The Hall–Kier alpha value is -2.44. The number of amides is 2. The van der Waals surface area contributed by atoms with E-state index in [1.54, 1.807) is 0 Å². The van der Waals surface area contributed by atoms with E-state index in [1.807, 2.05) is 6.92 Å². The van der Waals surface area contributed by atoms with E-state index in [9.17, 15) is 9.59 Å². The Morgan fingerprint density at radius 2 is 1.88 bits per heavy atom. The van der Waals surface area contributed by atoms with Crippen molar-refractivity contribution in [3.8, 4) is 11.5 Å². The summed E-state index contributed by atoms with van der Waals surface area (Å²) in [5, 5.41) is 3.09. The summed E-state index contributed by atoms with van der Waals surface area (Å²) in [5.74, 6) is -0.318. The van der Waals surface area contributed by atoms with Crippen LogP contribution < -0.4 is 20.5 Å². The van der Waals surface area contributed by atoms with Crippen molar-refractivity contribution in [2.45, 2.75) is 13.3 Å². The molecule has 2 aromatic rings. The third kappa shape index (κ3) is 4.59. The number of hydrogen-bond donors (Lipinski definition) is 2. The number of anilines is 1. The number of rotatable bonds is 7. The number of hydrogen-bond acceptors (Lipinski definition) is 4. The zero-order valence-electron chi connectivity index (χ0n) is 14.3. The Morgan fingerprint density at radius 3 is 2.46 bits per heavy atom. The largest absolute Gasteiger partial charge is 0.493 e. The van der Waals surface area contributed by atoms with Gasteiger partial charge in [-0.1, -0.05) is 30.1 Å². The zero-order chi connectivity index (χ0) is 19.3. The van der Waals surface area contributed by atoms with Crippen LogP contribution in [0.4, 0.5) is 5.69 Å². The quantitative estimate of drug-likeness (QED) is 0.735. The summed E-state index contributed by atoms with van der Waals surface area (Å²) in [5.41, 5.74) is 6.07. The highest BCUT2D eigenvalue weighted by atomic mass is 35.5. The molecule has 8 heteroatoms. The van der Waals surface area contributed by atoms with Gasteiger partial charge in [0.05, 0.1) is 29.3 Å². The van der Waals surface area contributed by atoms with E-state index in [2.05, 4.69) is 5.32 Å². The zero-order valence-corrected chi connectivity index (χ0v) is 15.8. The minimum Gasteiger partial charge on any atom is -0.493 e. The van der Waals surface area contributed by atoms with Gasteiger partial charge in [-0.2, -0.15) is 0 Å². The molecule has 0 aliphatic rings. The molecule has 0 aliphatic carbocycles. The molecule has 2 amide bonds. The Bertz CT molecular complexity index is 840. The molecule has 2 rings (SSSR count). The Labute approximate surface area is 161 Å². The van der Waals surface area contributed by atoms with E-state index in [4.69, 9.17) is 38.4 Å². The molecule has 0 fully saturated rings. The smallest absolute Gasteiger partial charge is 0.255 e. The molecule has 0 heterocycles. The number of halogens is 2. The summed E-state index contributed by atoms with van der Waals surface area (Å²) in [6, 6.07) is 7.43. The van der Waals surface area contributed by atoms with E-state index in [-0.39, 0.29) is 21.2 Å². The van der Waals surface area contributed by atoms with Crippen molar-refractivity contribution in [2.24, 2.45) is 5.73 Å². The predicted octanol–water partition coefficient (Wildman–Crippen LogP) is 4.14. The monoisotopic (exact) mass is 396 g/mol. The van der Waals surface area contributed by atoms with Crippen molar-refractivity contribution in [1.82, 2.24) is 0 Å². The number of benzene rings is 2. The third-order valence-electron chi connectivity index (χ3n) is 3.43. The van der Waals surface area contributed by atoms with Crippen molar-refractivity contribution in [2.75, 3.05) is 19.0 Å². The number of methoxy groups -OCH3 is 1. The molecule has 138 valence electrons. The molecular formula is C18H18Cl2N2O4. The molecule has 0 saturated heterocycles. The van der Waals surface area contributed by atoms with E-state index in [1.165, 1.54) is 37.4 Å². The number of carbonyl (C=O) groups is 2. The van der Waals surface area contributed by atoms with Crippen molar-refractivity contribution in [3.63, 3.8) is 0 Å². The topological polar surface area (TPSA) is 90.6 Å². The molecule has 2 aromatic carbocycles. The van der Waals surface area contributed by atoms with E-state index in [0.717, 1.165) is 6.42 Å². The maximum absolute atomic E-state index is 12.5. The maximum atomic E-state index is 12.5. The van der Waals surface area contributed by atoms with Crippen molar-refractivity contribution >= 4 is 40.7 Å². The first kappa shape index (κ1) is 19.9. The van der Waals surface area contributed by atoms with Gasteiger partial charge in [0, 0.05) is 11.3 Å². The molecule has 0 spiro atoms. The van der Waals surface area contributed by atoms with Crippen molar-refractivity contribution in [1.29, 1.82) is 0 Å². The Morgan fingerprint density at radius 1 is 1.15 bits per heavy atom. The molecule has 26 heavy (non-hydrogen) atoms. The van der Waals surface area contributed by atoms with Crippen LogP contribution in [-0.2, 0) is 0 Å². The second kappa shape index (κ2) is 8.78. The highest BCUT2D eigenvalue weighted by Gasteiger charge is 2.16. The Balaban J connectivity index is 2.25. The average Bonchev–Trinajstić information content (AvgIpc) is 2.59. The van der Waals surface area contributed by atoms with Crippen LogP contribution in [0.5, 0.6) is 11.5 Å². The third-order valence-corrected chi connectivity index (χ3v) is 4.03.